The van der Waals surface area contributed by atoms with Crippen LogP contribution in [0.1, 0.15) is 19.3 Å². The van der Waals surface area contributed by atoms with Gasteiger partial charge in [0.1, 0.15) is 0 Å². The van der Waals surface area contributed by atoms with Crippen LogP contribution in [-0.4, -0.2) is 55.2 Å². The normalized spacial score (nSPS) is 36.9. The molecule has 2 atom stereocenters. The zero-order valence-corrected chi connectivity index (χ0v) is 8.90. The van der Waals surface area contributed by atoms with Gasteiger partial charge in [-0.1, -0.05) is 0 Å². The molecule has 82 valence electrons. The summed E-state index contributed by atoms with van der Waals surface area (Å²) >= 11 is 0. The van der Waals surface area contributed by atoms with E-state index in [2.05, 4.69) is 4.90 Å². The Morgan fingerprint density at radius 3 is 2.43 bits per heavy atom. The molecule has 0 amide bonds. The lowest BCUT2D eigenvalue weighted by Gasteiger charge is -2.41. The van der Waals surface area contributed by atoms with Crippen LogP contribution in [0.25, 0.3) is 0 Å². The minimum absolute atomic E-state index is 0.244. The fraction of sp³-hybridized carbons (Fsp3) is 1.00. The highest BCUT2D eigenvalue weighted by molar-refractivity contribution is 4.91. The monoisotopic (exact) mass is 201 g/mol. The summed E-state index contributed by atoms with van der Waals surface area (Å²) in [5.74, 6) is -0.466. The molecule has 2 rings (SSSR count). The van der Waals surface area contributed by atoms with Crippen LogP contribution in [0.3, 0.4) is 0 Å². The molecule has 2 unspecified atom stereocenters. The second-order valence-electron chi connectivity index (χ2n) is 4.45. The molecule has 1 aliphatic heterocycles. The maximum absolute atomic E-state index is 9.96. The number of hydrogen-bond donors (Lipinski definition) is 1. The highest BCUT2D eigenvalue weighted by atomic mass is 16.7. The molecule has 0 aromatic rings. The highest BCUT2D eigenvalue weighted by Gasteiger charge is 2.45. The van der Waals surface area contributed by atoms with Crippen molar-refractivity contribution in [3.05, 3.63) is 0 Å². The molecule has 0 aromatic carbocycles. The fourth-order valence-electron chi connectivity index (χ4n) is 2.48. The van der Waals surface area contributed by atoms with E-state index in [1.165, 1.54) is 0 Å². The molecule has 1 saturated heterocycles. The van der Waals surface area contributed by atoms with Crippen LogP contribution in [0.5, 0.6) is 0 Å². The van der Waals surface area contributed by atoms with E-state index in [0.29, 0.717) is 19.6 Å². The Bertz CT molecular complexity index is 202. The lowest BCUT2D eigenvalue weighted by molar-refractivity contribution is -0.205. The van der Waals surface area contributed by atoms with Crippen LogP contribution in [0, 0.1) is 0 Å². The summed E-state index contributed by atoms with van der Waals surface area (Å²) in [6.45, 7) is 1.33. The van der Waals surface area contributed by atoms with Crippen LogP contribution in [0.4, 0.5) is 0 Å². The van der Waals surface area contributed by atoms with Crippen molar-refractivity contribution in [3.63, 3.8) is 0 Å². The van der Waals surface area contributed by atoms with Gasteiger partial charge in [0.25, 0.3) is 0 Å². The third-order valence-electron chi connectivity index (χ3n) is 3.26. The maximum atomic E-state index is 9.96. The molecule has 2 aliphatic rings. The average Bonchev–Trinajstić information content (AvgIpc) is 2.52. The Morgan fingerprint density at radius 2 is 1.93 bits per heavy atom. The van der Waals surface area contributed by atoms with Gasteiger partial charge in [-0.25, -0.2) is 0 Å². The van der Waals surface area contributed by atoms with Crippen molar-refractivity contribution in [2.75, 3.05) is 27.3 Å². The highest BCUT2D eigenvalue weighted by Crippen LogP contribution is 2.36. The number of likely N-dealkylation sites (N-methyl/N-ethyl adjacent to an activating group) is 1. The van der Waals surface area contributed by atoms with Gasteiger partial charge >= 0.3 is 0 Å². The first-order valence-electron chi connectivity index (χ1n) is 5.25. The quantitative estimate of drug-likeness (QED) is 0.658. The smallest absolute Gasteiger partial charge is 0.171 e. The van der Waals surface area contributed by atoms with Crippen LogP contribution in [0.15, 0.2) is 0 Å². The van der Waals surface area contributed by atoms with E-state index in [1.807, 2.05) is 14.1 Å². The fourth-order valence-corrected chi connectivity index (χ4v) is 2.48. The van der Waals surface area contributed by atoms with Crippen LogP contribution in [0.2, 0.25) is 0 Å². The van der Waals surface area contributed by atoms with Crippen molar-refractivity contribution >= 4 is 0 Å². The average molecular weight is 201 g/mol. The molecule has 1 heterocycles. The van der Waals surface area contributed by atoms with E-state index in [9.17, 15) is 5.11 Å². The van der Waals surface area contributed by atoms with Crippen LogP contribution >= 0.6 is 0 Å². The Labute approximate surface area is 84.8 Å². The molecule has 1 aliphatic carbocycles. The van der Waals surface area contributed by atoms with E-state index in [-0.39, 0.29) is 12.1 Å². The number of rotatable bonds is 1. The molecular weight excluding hydrogens is 182 g/mol. The minimum atomic E-state index is -0.466. The Hall–Kier alpha value is -0.160. The first kappa shape index (κ1) is 10.4. The molecular formula is C10H19NO3. The van der Waals surface area contributed by atoms with Crippen molar-refractivity contribution in [3.8, 4) is 0 Å². The molecule has 1 N–H and O–H groups in total. The van der Waals surface area contributed by atoms with Crippen molar-refractivity contribution in [2.24, 2.45) is 0 Å². The zero-order chi connectivity index (χ0) is 10.2. The van der Waals surface area contributed by atoms with Gasteiger partial charge < -0.3 is 19.5 Å². The number of nitrogens with zero attached hydrogens (tertiary/aromatic N) is 1. The molecule has 1 saturated carbocycles. The third kappa shape index (κ3) is 1.80. The summed E-state index contributed by atoms with van der Waals surface area (Å²) in [6, 6.07) is 0.244. The first-order valence-corrected chi connectivity index (χ1v) is 5.25. The summed E-state index contributed by atoms with van der Waals surface area (Å²) in [6.07, 6.45) is 2.11. The van der Waals surface area contributed by atoms with Gasteiger partial charge in [0, 0.05) is 18.9 Å². The van der Waals surface area contributed by atoms with E-state index in [4.69, 9.17) is 9.47 Å². The molecule has 2 fully saturated rings. The summed E-state index contributed by atoms with van der Waals surface area (Å²) in [5, 5.41) is 9.96. The van der Waals surface area contributed by atoms with Crippen LogP contribution < -0.4 is 0 Å². The Morgan fingerprint density at radius 1 is 1.29 bits per heavy atom. The standard InChI is InChI=1S/C10H19NO3/c1-11(2)8-3-4-10(7-9(8)12)13-5-6-14-10/h8-9,12H,3-7H2,1-2H3. The van der Waals surface area contributed by atoms with E-state index >= 15 is 0 Å². The Balaban J connectivity index is 1.98. The molecule has 0 radical (unpaired) electrons. The number of hydrogen-bond acceptors (Lipinski definition) is 4. The second kappa shape index (κ2) is 3.77. The maximum Gasteiger partial charge on any atom is 0.171 e. The molecule has 0 bridgehead atoms. The predicted molar refractivity (Wildman–Crippen MR) is 52.0 cm³/mol. The van der Waals surface area contributed by atoms with Gasteiger partial charge in [0.15, 0.2) is 5.79 Å². The topological polar surface area (TPSA) is 41.9 Å². The van der Waals surface area contributed by atoms with E-state index in [1.54, 1.807) is 0 Å². The minimum Gasteiger partial charge on any atom is -0.391 e. The van der Waals surface area contributed by atoms with Crippen molar-refractivity contribution in [2.45, 2.75) is 37.2 Å². The number of aliphatic hydroxyl groups excluding tert-OH is 1. The predicted octanol–water partition coefficient (Wildman–Crippen LogP) is 0.204. The lowest BCUT2D eigenvalue weighted by Crippen LogP contribution is -2.50. The number of aliphatic hydroxyl groups is 1. The van der Waals surface area contributed by atoms with E-state index in [0.717, 1.165) is 12.8 Å². The Kier molecular flexibility index (Phi) is 2.79. The molecule has 14 heavy (non-hydrogen) atoms. The summed E-state index contributed by atoms with van der Waals surface area (Å²) in [7, 11) is 4.00. The van der Waals surface area contributed by atoms with Crippen molar-refractivity contribution in [1.82, 2.24) is 4.90 Å². The first-order chi connectivity index (χ1) is 6.63. The summed E-state index contributed by atoms with van der Waals surface area (Å²) in [5.41, 5.74) is 0. The zero-order valence-electron chi connectivity index (χ0n) is 8.90. The van der Waals surface area contributed by atoms with E-state index < -0.39 is 5.79 Å². The van der Waals surface area contributed by atoms with Crippen LogP contribution in [-0.2, 0) is 9.47 Å². The third-order valence-corrected chi connectivity index (χ3v) is 3.26. The molecule has 0 aromatic heterocycles. The van der Waals surface area contributed by atoms with Gasteiger partial charge in [-0.05, 0) is 20.5 Å². The SMILES string of the molecule is CN(C)C1CCC2(CC1O)OCCO2. The van der Waals surface area contributed by atoms with Gasteiger partial charge in [-0.3, -0.25) is 0 Å². The second-order valence-corrected chi connectivity index (χ2v) is 4.45. The lowest BCUT2D eigenvalue weighted by atomic mass is 9.87. The molecule has 4 nitrogen and oxygen atoms in total. The summed E-state index contributed by atoms with van der Waals surface area (Å²) < 4.78 is 11.2. The van der Waals surface area contributed by atoms with Gasteiger partial charge in [0.2, 0.25) is 0 Å². The van der Waals surface area contributed by atoms with Gasteiger partial charge in [-0.15, -0.1) is 0 Å². The molecule has 4 heteroatoms. The van der Waals surface area contributed by atoms with Gasteiger partial charge in [0.05, 0.1) is 19.3 Å². The van der Waals surface area contributed by atoms with Crippen molar-refractivity contribution in [1.29, 1.82) is 0 Å². The summed E-state index contributed by atoms with van der Waals surface area (Å²) in [4.78, 5) is 2.08. The molecule has 1 spiro atoms. The number of ether oxygens (including phenoxy) is 2. The van der Waals surface area contributed by atoms with Gasteiger partial charge in [-0.2, -0.15) is 0 Å². The largest absolute Gasteiger partial charge is 0.391 e. The van der Waals surface area contributed by atoms with Crippen molar-refractivity contribution < 1.29 is 14.6 Å².